The molecule has 1 aromatic rings. The summed E-state index contributed by atoms with van der Waals surface area (Å²) in [5.74, 6) is 3.61. The van der Waals surface area contributed by atoms with Crippen molar-refractivity contribution >= 4 is 0 Å². The van der Waals surface area contributed by atoms with Crippen molar-refractivity contribution in [2.45, 2.75) is 38.6 Å². The van der Waals surface area contributed by atoms with Crippen LogP contribution in [0.4, 0.5) is 0 Å². The Labute approximate surface area is 111 Å². The maximum absolute atomic E-state index is 5.78. The molecule has 0 aliphatic heterocycles. The van der Waals surface area contributed by atoms with Crippen LogP contribution in [0.25, 0.3) is 0 Å². The van der Waals surface area contributed by atoms with Crippen molar-refractivity contribution in [3.63, 3.8) is 0 Å². The number of terminal acetylenes is 1. The van der Waals surface area contributed by atoms with E-state index in [1.807, 2.05) is 30.3 Å². The number of rotatable bonds is 9. The fourth-order valence-electron chi connectivity index (χ4n) is 1.76. The zero-order chi connectivity index (χ0) is 13.1. The highest BCUT2D eigenvalue weighted by Crippen LogP contribution is 2.10. The highest BCUT2D eigenvalue weighted by atomic mass is 16.5. The molecule has 0 amide bonds. The third kappa shape index (κ3) is 6.32. The molecule has 0 fully saturated rings. The summed E-state index contributed by atoms with van der Waals surface area (Å²) in [6, 6.07) is 10.3. The van der Waals surface area contributed by atoms with Gasteiger partial charge in [-0.3, -0.25) is 0 Å². The topological polar surface area (TPSA) is 21.3 Å². The Hall–Kier alpha value is -1.46. The largest absolute Gasteiger partial charge is 0.492 e. The maximum atomic E-state index is 5.78. The SMILES string of the molecule is C#CCCCC(COc1ccccc1)NCCC. The molecule has 0 radical (unpaired) electrons. The summed E-state index contributed by atoms with van der Waals surface area (Å²) in [4.78, 5) is 0. The first-order valence-electron chi connectivity index (χ1n) is 6.71. The van der Waals surface area contributed by atoms with Gasteiger partial charge in [0.25, 0.3) is 0 Å². The standard InChI is InChI=1S/C16H23NO/c1-3-5-7-10-15(17-13-4-2)14-18-16-11-8-6-9-12-16/h1,6,8-9,11-12,15,17H,4-5,7,10,13-14H2,2H3. The van der Waals surface area contributed by atoms with Crippen LogP contribution in [-0.4, -0.2) is 19.2 Å². The molecule has 2 heteroatoms. The number of hydrogen-bond acceptors (Lipinski definition) is 2. The van der Waals surface area contributed by atoms with E-state index in [-0.39, 0.29) is 0 Å². The Morgan fingerprint density at radius 1 is 1.33 bits per heavy atom. The van der Waals surface area contributed by atoms with E-state index in [9.17, 15) is 0 Å². The predicted octanol–water partition coefficient (Wildman–Crippen LogP) is 3.24. The summed E-state index contributed by atoms with van der Waals surface area (Å²) in [5.41, 5.74) is 0. The van der Waals surface area contributed by atoms with Gasteiger partial charge in [-0.1, -0.05) is 25.1 Å². The molecule has 0 heterocycles. The summed E-state index contributed by atoms with van der Waals surface area (Å²) in [6.45, 7) is 3.90. The summed E-state index contributed by atoms with van der Waals surface area (Å²) >= 11 is 0. The van der Waals surface area contributed by atoms with Gasteiger partial charge in [-0.25, -0.2) is 0 Å². The maximum Gasteiger partial charge on any atom is 0.119 e. The molecule has 18 heavy (non-hydrogen) atoms. The van der Waals surface area contributed by atoms with Crippen molar-refractivity contribution in [1.82, 2.24) is 5.32 Å². The second kappa shape index (κ2) is 9.56. The second-order valence-corrected chi connectivity index (χ2v) is 4.37. The van der Waals surface area contributed by atoms with Gasteiger partial charge in [-0.05, 0) is 37.9 Å². The number of ether oxygens (including phenoxy) is 1. The molecular formula is C16H23NO. The zero-order valence-corrected chi connectivity index (χ0v) is 11.2. The fourth-order valence-corrected chi connectivity index (χ4v) is 1.76. The summed E-state index contributed by atoms with van der Waals surface area (Å²) in [6.07, 6.45) is 9.38. The average molecular weight is 245 g/mol. The highest BCUT2D eigenvalue weighted by Gasteiger charge is 2.08. The van der Waals surface area contributed by atoms with E-state index < -0.39 is 0 Å². The van der Waals surface area contributed by atoms with E-state index >= 15 is 0 Å². The van der Waals surface area contributed by atoms with Crippen LogP contribution < -0.4 is 10.1 Å². The van der Waals surface area contributed by atoms with Crippen LogP contribution in [0, 0.1) is 12.3 Å². The Balaban J connectivity index is 2.33. The molecule has 1 atom stereocenters. The monoisotopic (exact) mass is 245 g/mol. The number of hydrogen-bond donors (Lipinski definition) is 1. The van der Waals surface area contributed by atoms with E-state index in [1.54, 1.807) is 0 Å². The Morgan fingerprint density at radius 3 is 2.78 bits per heavy atom. The predicted molar refractivity (Wildman–Crippen MR) is 76.7 cm³/mol. The zero-order valence-electron chi connectivity index (χ0n) is 11.2. The molecule has 1 N–H and O–H groups in total. The third-order valence-corrected chi connectivity index (χ3v) is 2.75. The molecule has 0 saturated carbocycles. The van der Waals surface area contributed by atoms with Gasteiger partial charge in [0, 0.05) is 12.5 Å². The van der Waals surface area contributed by atoms with Gasteiger partial charge in [-0.2, -0.15) is 0 Å². The minimum absolute atomic E-state index is 0.388. The van der Waals surface area contributed by atoms with E-state index in [2.05, 4.69) is 18.2 Å². The molecule has 0 bridgehead atoms. The van der Waals surface area contributed by atoms with Crippen molar-refractivity contribution in [3.05, 3.63) is 30.3 Å². The highest BCUT2D eigenvalue weighted by molar-refractivity contribution is 5.20. The molecule has 2 nitrogen and oxygen atoms in total. The van der Waals surface area contributed by atoms with Crippen LogP contribution in [0.15, 0.2) is 30.3 Å². The van der Waals surface area contributed by atoms with Gasteiger partial charge >= 0.3 is 0 Å². The smallest absolute Gasteiger partial charge is 0.119 e. The number of unbranched alkanes of at least 4 members (excludes halogenated alkanes) is 1. The van der Waals surface area contributed by atoms with Crippen LogP contribution in [0.5, 0.6) is 5.75 Å². The lowest BCUT2D eigenvalue weighted by Gasteiger charge is -2.18. The van der Waals surface area contributed by atoms with Crippen molar-refractivity contribution < 1.29 is 4.74 Å². The molecular weight excluding hydrogens is 222 g/mol. The van der Waals surface area contributed by atoms with Crippen LogP contribution in [0.3, 0.4) is 0 Å². The minimum Gasteiger partial charge on any atom is -0.492 e. The molecule has 0 saturated heterocycles. The van der Waals surface area contributed by atoms with Gasteiger partial charge in [0.2, 0.25) is 0 Å². The molecule has 0 aromatic heterocycles. The summed E-state index contributed by atoms with van der Waals surface area (Å²) < 4.78 is 5.78. The number of para-hydroxylation sites is 1. The van der Waals surface area contributed by atoms with E-state index in [0.29, 0.717) is 12.6 Å². The molecule has 1 unspecified atom stereocenters. The van der Waals surface area contributed by atoms with E-state index in [0.717, 1.165) is 38.0 Å². The van der Waals surface area contributed by atoms with Crippen LogP contribution in [0.1, 0.15) is 32.6 Å². The van der Waals surface area contributed by atoms with Gasteiger partial charge in [0.05, 0.1) is 0 Å². The van der Waals surface area contributed by atoms with Gasteiger partial charge in [-0.15, -0.1) is 12.3 Å². The quantitative estimate of drug-likeness (QED) is 0.533. The molecule has 1 aromatic carbocycles. The fraction of sp³-hybridized carbons (Fsp3) is 0.500. The molecule has 1 rings (SSSR count). The first-order chi connectivity index (χ1) is 8.86. The lowest BCUT2D eigenvalue weighted by molar-refractivity contribution is 0.255. The Bertz CT molecular complexity index is 342. The van der Waals surface area contributed by atoms with Gasteiger partial charge in [0.15, 0.2) is 0 Å². The second-order valence-electron chi connectivity index (χ2n) is 4.37. The van der Waals surface area contributed by atoms with Crippen LogP contribution in [0.2, 0.25) is 0 Å². The van der Waals surface area contributed by atoms with Crippen molar-refractivity contribution in [2.75, 3.05) is 13.2 Å². The van der Waals surface area contributed by atoms with Crippen LogP contribution >= 0.6 is 0 Å². The van der Waals surface area contributed by atoms with Crippen molar-refractivity contribution in [2.24, 2.45) is 0 Å². The lowest BCUT2D eigenvalue weighted by Crippen LogP contribution is -2.35. The van der Waals surface area contributed by atoms with Crippen LogP contribution in [-0.2, 0) is 0 Å². The molecule has 0 aliphatic carbocycles. The Morgan fingerprint density at radius 2 is 2.11 bits per heavy atom. The first kappa shape index (κ1) is 14.6. The molecule has 98 valence electrons. The van der Waals surface area contributed by atoms with E-state index in [1.165, 1.54) is 0 Å². The van der Waals surface area contributed by atoms with Crippen molar-refractivity contribution in [3.8, 4) is 18.1 Å². The molecule has 0 spiro atoms. The van der Waals surface area contributed by atoms with Gasteiger partial charge < -0.3 is 10.1 Å². The lowest BCUT2D eigenvalue weighted by atomic mass is 10.1. The number of nitrogens with one attached hydrogen (secondary N) is 1. The van der Waals surface area contributed by atoms with Gasteiger partial charge in [0.1, 0.15) is 12.4 Å². The normalized spacial score (nSPS) is 11.8. The molecule has 0 aliphatic rings. The van der Waals surface area contributed by atoms with Crippen molar-refractivity contribution in [1.29, 1.82) is 0 Å². The Kier molecular flexibility index (Phi) is 7.75. The minimum atomic E-state index is 0.388. The number of benzene rings is 1. The first-order valence-corrected chi connectivity index (χ1v) is 6.71. The summed E-state index contributed by atoms with van der Waals surface area (Å²) in [7, 11) is 0. The third-order valence-electron chi connectivity index (χ3n) is 2.75. The summed E-state index contributed by atoms with van der Waals surface area (Å²) in [5, 5.41) is 3.50. The average Bonchev–Trinajstić information content (AvgIpc) is 2.42. The van der Waals surface area contributed by atoms with E-state index in [4.69, 9.17) is 11.2 Å².